The van der Waals surface area contributed by atoms with Gasteiger partial charge >= 0.3 is 0 Å². The van der Waals surface area contributed by atoms with Crippen molar-refractivity contribution in [1.82, 2.24) is 15.0 Å². The van der Waals surface area contributed by atoms with Crippen molar-refractivity contribution in [3.63, 3.8) is 0 Å². The van der Waals surface area contributed by atoms with Crippen LogP contribution in [0.1, 0.15) is 11.5 Å². The maximum atomic E-state index is 5.70. The van der Waals surface area contributed by atoms with Crippen molar-refractivity contribution in [2.24, 2.45) is 0 Å². The van der Waals surface area contributed by atoms with E-state index in [1.807, 2.05) is 13.0 Å². The second-order valence-corrected chi connectivity index (χ2v) is 4.17. The Morgan fingerprint density at radius 2 is 2.33 bits per heavy atom. The third-order valence-corrected chi connectivity index (χ3v) is 2.85. The largest absolute Gasteiger partial charge is 0.356 e. The van der Waals surface area contributed by atoms with E-state index < -0.39 is 0 Å². The summed E-state index contributed by atoms with van der Waals surface area (Å²) in [5.74, 6) is 0.770. The first-order chi connectivity index (χ1) is 7.24. The number of hydrogen-bond donors (Lipinski definition) is 1. The summed E-state index contributed by atoms with van der Waals surface area (Å²) in [7, 11) is 0. The highest BCUT2D eigenvalue weighted by molar-refractivity contribution is 7.14. The van der Waals surface area contributed by atoms with Gasteiger partial charge in [0.1, 0.15) is 11.0 Å². The minimum Gasteiger partial charge on any atom is -0.356 e. The predicted octanol–water partition coefficient (Wildman–Crippen LogP) is 2.51. The molecule has 0 atom stereocenters. The van der Waals surface area contributed by atoms with Crippen molar-refractivity contribution in [2.75, 3.05) is 5.32 Å². The highest BCUT2D eigenvalue weighted by Crippen LogP contribution is 2.19. The van der Waals surface area contributed by atoms with Crippen LogP contribution in [0.4, 0.5) is 5.13 Å². The number of hydrogen-bond acceptors (Lipinski definition) is 5. The third kappa shape index (κ3) is 2.87. The first kappa shape index (κ1) is 10.3. The van der Waals surface area contributed by atoms with Crippen molar-refractivity contribution < 1.29 is 0 Å². The number of halogens is 1. The summed E-state index contributed by atoms with van der Waals surface area (Å²) in [6, 6.07) is 1.87. The zero-order valence-corrected chi connectivity index (χ0v) is 9.64. The minimum absolute atomic E-state index is 0.515. The molecule has 0 aromatic carbocycles. The maximum Gasteiger partial charge on any atom is 0.184 e. The standard InChI is InChI=1S/C9H9ClN4S/c1-6-11-3-2-7(13-6)4-12-9-14-8(10)5-15-9/h2-3,5H,4H2,1H3,(H,12,14). The summed E-state index contributed by atoms with van der Waals surface area (Å²) in [6.07, 6.45) is 1.74. The summed E-state index contributed by atoms with van der Waals surface area (Å²) in [4.78, 5) is 12.4. The molecule has 0 unspecified atom stereocenters. The van der Waals surface area contributed by atoms with Crippen molar-refractivity contribution in [3.8, 4) is 0 Å². The van der Waals surface area contributed by atoms with Gasteiger partial charge in [-0.1, -0.05) is 11.6 Å². The normalized spacial score (nSPS) is 10.3. The molecular formula is C9H9ClN4S. The molecule has 0 aliphatic heterocycles. The lowest BCUT2D eigenvalue weighted by Crippen LogP contribution is -2.02. The number of aryl methyl sites for hydroxylation is 1. The van der Waals surface area contributed by atoms with Crippen molar-refractivity contribution in [2.45, 2.75) is 13.5 Å². The average molecular weight is 241 g/mol. The molecule has 1 N–H and O–H groups in total. The Balaban J connectivity index is 1.99. The van der Waals surface area contributed by atoms with Gasteiger partial charge in [-0.15, -0.1) is 11.3 Å². The molecule has 2 aromatic rings. The zero-order chi connectivity index (χ0) is 10.7. The molecule has 0 radical (unpaired) electrons. The van der Waals surface area contributed by atoms with Gasteiger partial charge in [-0.25, -0.2) is 15.0 Å². The fourth-order valence-corrected chi connectivity index (χ4v) is 1.94. The quantitative estimate of drug-likeness (QED) is 0.896. The van der Waals surface area contributed by atoms with E-state index in [-0.39, 0.29) is 0 Å². The number of anilines is 1. The lowest BCUT2D eigenvalue weighted by Gasteiger charge is -2.01. The molecule has 0 aliphatic carbocycles. The first-order valence-corrected chi connectivity index (χ1v) is 5.63. The number of nitrogens with one attached hydrogen (secondary N) is 1. The molecule has 4 nitrogen and oxygen atoms in total. The van der Waals surface area contributed by atoms with Gasteiger partial charge in [0, 0.05) is 11.6 Å². The van der Waals surface area contributed by atoms with E-state index in [1.165, 1.54) is 11.3 Å². The van der Waals surface area contributed by atoms with Crippen LogP contribution in [0.25, 0.3) is 0 Å². The van der Waals surface area contributed by atoms with Gasteiger partial charge in [-0.3, -0.25) is 0 Å². The summed E-state index contributed by atoms with van der Waals surface area (Å²) >= 11 is 7.18. The van der Waals surface area contributed by atoms with Gasteiger partial charge in [0.25, 0.3) is 0 Å². The van der Waals surface area contributed by atoms with Crippen LogP contribution >= 0.6 is 22.9 Å². The van der Waals surface area contributed by atoms with Gasteiger partial charge < -0.3 is 5.32 Å². The lowest BCUT2D eigenvalue weighted by molar-refractivity contribution is 0.954. The number of nitrogens with zero attached hydrogens (tertiary/aromatic N) is 3. The number of thiazole rings is 1. The monoisotopic (exact) mass is 240 g/mol. The van der Waals surface area contributed by atoms with E-state index in [0.29, 0.717) is 11.7 Å². The molecule has 0 amide bonds. The van der Waals surface area contributed by atoms with Gasteiger partial charge in [0.2, 0.25) is 0 Å². The van der Waals surface area contributed by atoms with Crippen LogP contribution in [-0.2, 0) is 6.54 Å². The highest BCUT2D eigenvalue weighted by Gasteiger charge is 2.00. The molecule has 2 heterocycles. The van der Waals surface area contributed by atoms with Crippen LogP contribution in [0, 0.1) is 6.92 Å². The van der Waals surface area contributed by atoms with Crippen LogP contribution in [0.3, 0.4) is 0 Å². The van der Waals surface area contributed by atoms with E-state index in [1.54, 1.807) is 11.6 Å². The molecular weight excluding hydrogens is 232 g/mol. The molecule has 0 aliphatic rings. The second kappa shape index (κ2) is 4.55. The molecule has 2 rings (SSSR count). The van der Waals surface area contributed by atoms with E-state index in [2.05, 4.69) is 20.3 Å². The molecule has 15 heavy (non-hydrogen) atoms. The molecule has 2 aromatic heterocycles. The van der Waals surface area contributed by atoms with E-state index in [0.717, 1.165) is 16.6 Å². The van der Waals surface area contributed by atoms with E-state index in [4.69, 9.17) is 11.6 Å². The van der Waals surface area contributed by atoms with Crippen LogP contribution in [-0.4, -0.2) is 15.0 Å². The summed E-state index contributed by atoms with van der Waals surface area (Å²) in [5.41, 5.74) is 0.939. The lowest BCUT2D eigenvalue weighted by atomic mass is 10.4. The number of aromatic nitrogens is 3. The second-order valence-electron chi connectivity index (χ2n) is 2.92. The number of rotatable bonds is 3. The molecule has 0 fully saturated rings. The fraction of sp³-hybridized carbons (Fsp3) is 0.222. The van der Waals surface area contributed by atoms with E-state index in [9.17, 15) is 0 Å². The Kier molecular flexibility index (Phi) is 3.13. The third-order valence-electron chi connectivity index (χ3n) is 1.73. The zero-order valence-electron chi connectivity index (χ0n) is 8.07. The van der Waals surface area contributed by atoms with E-state index >= 15 is 0 Å². The summed E-state index contributed by atoms with van der Waals surface area (Å²) in [6.45, 7) is 2.50. The first-order valence-electron chi connectivity index (χ1n) is 4.37. The van der Waals surface area contributed by atoms with Gasteiger partial charge in [-0.05, 0) is 13.0 Å². The van der Waals surface area contributed by atoms with Crippen LogP contribution in [0.2, 0.25) is 5.15 Å². The highest BCUT2D eigenvalue weighted by atomic mass is 35.5. The van der Waals surface area contributed by atoms with Crippen molar-refractivity contribution >= 4 is 28.1 Å². The Labute approximate surface area is 96.4 Å². The Bertz CT molecular complexity index is 457. The van der Waals surface area contributed by atoms with Crippen LogP contribution in [0.5, 0.6) is 0 Å². The SMILES string of the molecule is Cc1nccc(CNc2nc(Cl)cs2)n1. The molecule has 0 saturated heterocycles. The summed E-state index contributed by atoms with van der Waals surface area (Å²) in [5, 5.41) is 6.25. The van der Waals surface area contributed by atoms with Gasteiger partial charge in [0.15, 0.2) is 5.13 Å². The molecule has 0 saturated carbocycles. The Morgan fingerprint density at radius 1 is 1.47 bits per heavy atom. The van der Waals surface area contributed by atoms with Crippen molar-refractivity contribution in [1.29, 1.82) is 0 Å². The fourth-order valence-electron chi connectivity index (χ4n) is 1.11. The molecule has 6 heteroatoms. The van der Waals surface area contributed by atoms with Gasteiger partial charge in [0.05, 0.1) is 12.2 Å². The van der Waals surface area contributed by atoms with Crippen LogP contribution in [0.15, 0.2) is 17.6 Å². The maximum absolute atomic E-state index is 5.70. The minimum atomic E-state index is 0.515. The van der Waals surface area contributed by atoms with Crippen molar-refractivity contribution in [3.05, 3.63) is 34.3 Å². The molecule has 0 bridgehead atoms. The Morgan fingerprint density at radius 3 is 3.00 bits per heavy atom. The predicted molar refractivity (Wildman–Crippen MR) is 61.2 cm³/mol. The Hall–Kier alpha value is -1.20. The average Bonchev–Trinajstić information content (AvgIpc) is 2.62. The summed E-state index contributed by atoms with van der Waals surface area (Å²) < 4.78 is 0. The topological polar surface area (TPSA) is 50.7 Å². The molecule has 78 valence electrons. The smallest absolute Gasteiger partial charge is 0.184 e. The molecule has 0 spiro atoms. The van der Waals surface area contributed by atoms with Gasteiger partial charge in [-0.2, -0.15) is 0 Å². The van der Waals surface area contributed by atoms with Crippen LogP contribution < -0.4 is 5.32 Å².